The Morgan fingerprint density at radius 3 is 2.93 bits per heavy atom. The molecular weight excluding hydrogens is 210 g/mol. The van der Waals surface area contributed by atoms with Gasteiger partial charge in [0.1, 0.15) is 5.25 Å². The summed E-state index contributed by atoms with van der Waals surface area (Å²) in [6.45, 7) is 3.91. The van der Waals surface area contributed by atoms with Crippen LogP contribution in [0.25, 0.3) is 0 Å². The van der Waals surface area contributed by atoms with Crippen LogP contribution in [0.15, 0.2) is 23.1 Å². The second kappa shape index (κ2) is 3.77. The van der Waals surface area contributed by atoms with E-state index in [1.165, 1.54) is 11.8 Å². The summed E-state index contributed by atoms with van der Waals surface area (Å²) >= 11 is 1.43. The minimum absolute atomic E-state index is 0.0392. The van der Waals surface area contributed by atoms with Crippen LogP contribution in [0, 0.1) is 6.92 Å². The lowest BCUT2D eigenvalue weighted by molar-refractivity contribution is -0.136. The van der Waals surface area contributed by atoms with Crippen molar-refractivity contribution in [3.63, 3.8) is 0 Å². The second-order valence-electron chi connectivity index (χ2n) is 3.81. The molecule has 2 N–H and O–H groups in total. The summed E-state index contributed by atoms with van der Waals surface area (Å²) < 4.78 is 0. The lowest BCUT2D eigenvalue weighted by atomic mass is 10.1. The Morgan fingerprint density at radius 2 is 2.27 bits per heavy atom. The predicted octanol–water partition coefficient (Wildman–Crippen LogP) is 2.35. The number of anilines is 1. The zero-order valence-electron chi connectivity index (χ0n) is 8.65. The number of hydrogen-bond acceptors (Lipinski definition) is 3. The van der Waals surface area contributed by atoms with Gasteiger partial charge in [0.05, 0.1) is 0 Å². The molecule has 2 atom stereocenters. The number of fused-ring (bicyclic) bond motifs is 1. The third-order valence-corrected chi connectivity index (χ3v) is 3.93. The third kappa shape index (κ3) is 1.95. The first kappa shape index (κ1) is 10.4. The Labute approximate surface area is 92.9 Å². The fraction of sp³-hybridized carbons (Fsp3) is 0.364. The Balaban J connectivity index is 2.34. The van der Waals surface area contributed by atoms with Gasteiger partial charge in [-0.15, -0.1) is 11.8 Å². The number of hydrogen-bond donors (Lipinski definition) is 2. The molecule has 0 aromatic heterocycles. The van der Waals surface area contributed by atoms with Crippen LogP contribution in [-0.2, 0) is 4.79 Å². The van der Waals surface area contributed by atoms with Gasteiger partial charge in [-0.3, -0.25) is 4.79 Å². The molecule has 1 aromatic rings. The van der Waals surface area contributed by atoms with E-state index in [9.17, 15) is 4.79 Å². The highest BCUT2D eigenvalue weighted by Gasteiger charge is 2.30. The Bertz CT molecular complexity index is 406. The topological polar surface area (TPSA) is 49.3 Å². The molecule has 80 valence electrons. The summed E-state index contributed by atoms with van der Waals surface area (Å²) in [5.41, 5.74) is 2.19. The maximum absolute atomic E-state index is 11.0. The standard InChI is InChI=1S/C11H13NO2S/c1-6-3-4-8-9(5-6)15-10(11(13)14)7(2)12-8/h3-5,7,10,12H,1-2H3,(H,13,14). The highest BCUT2D eigenvalue weighted by molar-refractivity contribution is 8.00. The molecule has 2 unspecified atom stereocenters. The molecule has 0 spiro atoms. The van der Waals surface area contributed by atoms with Crippen molar-refractivity contribution in [2.45, 2.75) is 30.0 Å². The van der Waals surface area contributed by atoms with Gasteiger partial charge in [-0.25, -0.2) is 0 Å². The number of thioether (sulfide) groups is 1. The second-order valence-corrected chi connectivity index (χ2v) is 4.99. The van der Waals surface area contributed by atoms with E-state index in [4.69, 9.17) is 5.11 Å². The van der Waals surface area contributed by atoms with Crippen LogP contribution < -0.4 is 5.32 Å². The molecule has 1 aliphatic rings. The van der Waals surface area contributed by atoms with Gasteiger partial charge in [0.25, 0.3) is 0 Å². The first-order valence-electron chi connectivity index (χ1n) is 4.84. The lowest BCUT2D eigenvalue weighted by Gasteiger charge is -2.29. The molecule has 0 fully saturated rings. The average molecular weight is 223 g/mol. The van der Waals surface area contributed by atoms with E-state index < -0.39 is 11.2 Å². The quantitative estimate of drug-likeness (QED) is 0.767. The van der Waals surface area contributed by atoms with Gasteiger partial charge in [0, 0.05) is 16.6 Å². The van der Waals surface area contributed by atoms with Crippen molar-refractivity contribution in [3.8, 4) is 0 Å². The molecule has 0 aliphatic carbocycles. The minimum Gasteiger partial charge on any atom is -0.480 e. The van der Waals surface area contributed by atoms with Crippen LogP contribution in [0.2, 0.25) is 0 Å². The zero-order chi connectivity index (χ0) is 11.0. The summed E-state index contributed by atoms with van der Waals surface area (Å²) in [5.74, 6) is -0.757. The molecule has 0 amide bonds. The number of carboxylic acid groups (broad SMARTS) is 1. The molecule has 1 heterocycles. The fourth-order valence-corrected chi connectivity index (χ4v) is 2.82. The van der Waals surface area contributed by atoms with Crippen molar-refractivity contribution in [1.82, 2.24) is 0 Å². The summed E-state index contributed by atoms with van der Waals surface area (Å²) in [6, 6.07) is 6.02. The predicted molar refractivity (Wildman–Crippen MR) is 61.5 cm³/mol. The molecular formula is C11H13NO2S. The van der Waals surface area contributed by atoms with Crippen LogP contribution in [0.5, 0.6) is 0 Å². The minimum atomic E-state index is -0.757. The number of rotatable bonds is 1. The number of nitrogens with one attached hydrogen (secondary N) is 1. The van der Waals surface area contributed by atoms with Gasteiger partial charge in [-0.2, -0.15) is 0 Å². The van der Waals surface area contributed by atoms with E-state index in [-0.39, 0.29) is 6.04 Å². The number of benzene rings is 1. The average Bonchev–Trinajstić information content (AvgIpc) is 2.17. The van der Waals surface area contributed by atoms with Gasteiger partial charge in [0.2, 0.25) is 0 Å². The van der Waals surface area contributed by atoms with Crippen LogP contribution >= 0.6 is 11.8 Å². The Hall–Kier alpha value is -1.16. The molecule has 0 saturated carbocycles. The van der Waals surface area contributed by atoms with Crippen molar-refractivity contribution in [2.75, 3.05) is 5.32 Å². The van der Waals surface area contributed by atoms with Crippen LogP contribution in [0.1, 0.15) is 12.5 Å². The normalized spacial score (nSPS) is 24.1. The summed E-state index contributed by atoms with van der Waals surface area (Å²) in [5, 5.41) is 11.9. The summed E-state index contributed by atoms with van der Waals surface area (Å²) in [6.07, 6.45) is 0. The van der Waals surface area contributed by atoms with Crippen LogP contribution in [0.4, 0.5) is 5.69 Å². The molecule has 0 saturated heterocycles. The highest BCUT2D eigenvalue weighted by atomic mass is 32.2. The maximum atomic E-state index is 11.0. The SMILES string of the molecule is Cc1ccc2c(c1)SC(C(=O)O)C(C)N2. The van der Waals surface area contributed by atoms with E-state index in [2.05, 4.69) is 5.32 Å². The molecule has 0 radical (unpaired) electrons. The largest absolute Gasteiger partial charge is 0.480 e. The zero-order valence-corrected chi connectivity index (χ0v) is 9.47. The van der Waals surface area contributed by atoms with Gasteiger partial charge < -0.3 is 10.4 Å². The molecule has 0 bridgehead atoms. The van der Waals surface area contributed by atoms with E-state index in [1.807, 2.05) is 32.0 Å². The number of aliphatic carboxylic acids is 1. The van der Waals surface area contributed by atoms with Crippen molar-refractivity contribution >= 4 is 23.4 Å². The Kier molecular flexibility index (Phi) is 2.61. The lowest BCUT2D eigenvalue weighted by Crippen LogP contribution is -2.37. The van der Waals surface area contributed by atoms with E-state index >= 15 is 0 Å². The van der Waals surface area contributed by atoms with Gasteiger partial charge in [-0.05, 0) is 31.5 Å². The van der Waals surface area contributed by atoms with Crippen molar-refractivity contribution in [2.24, 2.45) is 0 Å². The first-order chi connectivity index (χ1) is 7.08. The van der Waals surface area contributed by atoms with E-state index in [1.54, 1.807) is 0 Å². The highest BCUT2D eigenvalue weighted by Crippen LogP contribution is 2.38. The number of carbonyl (C=O) groups is 1. The van der Waals surface area contributed by atoms with Gasteiger partial charge in [-0.1, -0.05) is 6.07 Å². The molecule has 1 aromatic carbocycles. The van der Waals surface area contributed by atoms with Crippen LogP contribution in [0.3, 0.4) is 0 Å². The number of carboxylic acids is 1. The van der Waals surface area contributed by atoms with E-state index in [0.29, 0.717) is 0 Å². The van der Waals surface area contributed by atoms with Crippen molar-refractivity contribution in [1.29, 1.82) is 0 Å². The first-order valence-corrected chi connectivity index (χ1v) is 5.72. The Morgan fingerprint density at radius 1 is 1.53 bits per heavy atom. The van der Waals surface area contributed by atoms with Gasteiger partial charge in [0.15, 0.2) is 0 Å². The van der Waals surface area contributed by atoms with Crippen molar-refractivity contribution < 1.29 is 9.90 Å². The maximum Gasteiger partial charge on any atom is 0.319 e. The smallest absolute Gasteiger partial charge is 0.319 e. The van der Waals surface area contributed by atoms with Crippen molar-refractivity contribution in [3.05, 3.63) is 23.8 Å². The summed E-state index contributed by atoms with van der Waals surface area (Å²) in [4.78, 5) is 12.0. The molecule has 2 rings (SSSR count). The third-order valence-electron chi connectivity index (χ3n) is 2.47. The van der Waals surface area contributed by atoms with E-state index in [0.717, 1.165) is 16.1 Å². The fourth-order valence-electron chi connectivity index (χ4n) is 1.67. The molecule has 15 heavy (non-hydrogen) atoms. The van der Waals surface area contributed by atoms with Crippen LogP contribution in [-0.4, -0.2) is 22.4 Å². The number of aryl methyl sites for hydroxylation is 1. The molecule has 1 aliphatic heterocycles. The monoisotopic (exact) mass is 223 g/mol. The summed E-state index contributed by atoms with van der Waals surface area (Å²) in [7, 11) is 0. The molecule has 3 nitrogen and oxygen atoms in total. The molecule has 4 heteroatoms. The van der Waals surface area contributed by atoms with Gasteiger partial charge >= 0.3 is 5.97 Å².